The number of urea groups is 1. The maximum Gasteiger partial charge on any atom is 0.322 e. The van der Waals surface area contributed by atoms with Gasteiger partial charge in [-0.1, -0.05) is 24.3 Å². The van der Waals surface area contributed by atoms with Crippen LogP contribution in [-0.4, -0.2) is 21.8 Å². The Hall–Kier alpha value is -2.96. The van der Waals surface area contributed by atoms with Gasteiger partial charge in [-0.05, 0) is 92.0 Å². The monoisotopic (exact) mass is 499 g/mol. The summed E-state index contributed by atoms with van der Waals surface area (Å²) >= 11 is 3.66. The zero-order chi connectivity index (χ0) is 23.9. The minimum absolute atomic E-state index is 0.0640. The normalized spacial score (nSPS) is 16.7. The minimum Gasteiger partial charge on any atom is -0.310 e. The van der Waals surface area contributed by atoms with Gasteiger partial charge in [-0.2, -0.15) is 0 Å². The first-order chi connectivity index (χ1) is 17.1. The number of hydrogen-bond acceptors (Lipinski definition) is 3. The van der Waals surface area contributed by atoms with Gasteiger partial charge >= 0.3 is 6.03 Å². The van der Waals surface area contributed by atoms with Crippen molar-refractivity contribution in [3.8, 4) is 5.00 Å². The number of anilines is 1. The molecule has 0 saturated heterocycles. The number of nitrogens with zero attached hydrogens (tertiary/aromatic N) is 2. The number of nitrogens with one attached hydrogen (secondary N) is 1. The molecule has 2 aromatic carbocycles. The van der Waals surface area contributed by atoms with Crippen molar-refractivity contribution in [3.05, 3.63) is 99.7 Å². The second kappa shape index (κ2) is 9.25. The lowest BCUT2D eigenvalue weighted by molar-refractivity contribution is 0.194. The molecule has 2 aromatic heterocycles. The second-order valence-electron chi connectivity index (χ2n) is 9.40. The molecular weight excluding hydrogens is 470 g/mol. The number of hydrogen-bond donors (Lipinski definition) is 1. The van der Waals surface area contributed by atoms with Gasteiger partial charge < -0.3 is 14.8 Å². The summed E-state index contributed by atoms with van der Waals surface area (Å²) in [6, 6.07) is 20.8. The van der Waals surface area contributed by atoms with Gasteiger partial charge in [0.25, 0.3) is 0 Å². The van der Waals surface area contributed by atoms with E-state index in [-0.39, 0.29) is 12.1 Å². The Morgan fingerprint density at radius 3 is 2.66 bits per heavy atom. The number of fused-ring (bicyclic) bond motifs is 5. The quantitative estimate of drug-likeness (QED) is 0.295. The van der Waals surface area contributed by atoms with Gasteiger partial charge in [-0.15, -0.1) is 23.1 Å². The number of aromatic nitrogens is 1. The third-order valence-corrected chi connectivity index (χ3v) is 9.22. The number of carbonyl (C=O) groups is 1. The lowest BCUT2D eigenvalue weighted by Gasteiger charge is -2.31. The highest BCUT2D eigenvalue weighted by molar-refractivity contribution is 7.98. The summed E-state index contributed by atoms with van der Waals surface area (Å²) in [7, 11) is 0. The largest absolute Gasteiger partial charge is 0.322 e. The van der Waals surface area contributed by atoms with Crippen molar-refractivity contribution in [1.82, 2.24) is 9.47 Å². The molecule has 0 unspecified atom stereocenters. The summed E-state index contributed by atoms with van der Waals surface area (Å²) in [6.07, 6.45) is 9.00. The van der Waals surface area contributed by atoms with Crippen molar-refractivity contribution in [2.45, 2.75) is 50.1 Å². The highest BCUT2D eigenvalue weighted by Gasteiger charge is 2.36. The van der Waals surface area contributed by atoms with Gasteiger partial charge in [-0.3, -0.25) is 0 Å². The highest BCUT2D eigenvalue weighted by Crippen LogP contribution is 2.44. The third-order valence-electron chi connectivity index (χ3n) is 7.14. The molecule has 178 valence electrons. The van der Waals surface area contributed by atoms with E-state index in [0.29, 0.717) is 6.54 Å². The predicted molar refractivity (Wildman–Crippen MR) is 146 cm³/mol. The van der Waals surface area contributed by atoms with E-state index in [9.17, 15) is 4.79 Å². The summed E-state index contributed by atoms with van der Waals surface area (Å²) in [5, 5.41) is 4.49. The van der Waals surface area contributed by atoms with Crippen LogP contribution in [0.1, 0.15) is 51.7 Å². The Labute approximate surface area is 215 Å². The van der Waals surface area contributed by atoms with Crippen molar-refractivity contribution >= 4 is 34.8 Å². The van der Waals surface area contributed by atoms with E-state index in [2.05, 4.69) is 71.7 Å². The Balaban J connectivity index is 1.49. The standard InChI is InChI=1S/C29H29N3OS2/c1-19-7-5-8-21(17-19)30-29(33)32-18-24-23-9-3-4-11-26(23)35-28(24)31-16-6-10-25(31)27(32)20-12-14-22(34-2)15-13-20/h5-8,10,12-17,27H,3-4,9,11,18H2,1-2H3,(H,30,33)/t27-/m1/s1. The molecule has 4 nitrogen and oxygen atoms in total. The summed E-state index contributed by atoms with van der Waals surface area (Å²) in [4.78, 5) is 18.7. The first-order valence-electron chi connectivity index (χ1n) is 12.2. The first kappa shape index (κ1) is 22.5. The molecule has 3 heterocycles. The fourth-order valence-corrected chi connectivity index (χ4v) is 7.25. The molecule has 1 atom stereocenters. The maximum absolute atomic E-state index is 14.0. The highest BCUT2D eigenvalue weighted by atomic mass is 32.2. The topological polar surface area (TPSA) is 37.3 Å². The smallest absolute Gasteiger partial charge is 0.310 e. The van der Waals surface area contributed by atoms with E-state index in [1.54, 1.807) is 11.8 Å². The summed E-state index contributed by atoms with van der Waals surface area (Å²) in [5.74, 6) is 0. The van der Waals surface area contributed by atoms with E-state index in [1.165, 1.54) is 38.7 Å². The van der Waals surface area contributed by atoms with Crippen LogP contribution in [0.2, 0.25) is 0 Å². The second-order valence-corrected chi connectivity index (χ2v) is 11.4. The lowest BCUT2D eigenvalue weighted by Crippen LogP contribution is -2.38. The van der Waals surface area contributed by atoms with E-state index >= 15 is 0 Å². The Morgan fingerprint density at radius 2 is 1.86 bits per heavy atom. The molecule has 1 N–H and O–H groups in total. The number of rotatable bonds is 3. The van der Waals surface area contributed by atoms with Crippen LogP contribution >= 0.6 is 23.1 Å². The van der Waals surface area contributed by atoms with Crippen molar-refractivity contribution in [1.29, 1.82) is 0 Å². The molecule has 2 aliphatic rings. The van der Waals surface area contributed by atoms with Crippen LogP contribution in [-0.2, 0) is 19.4 Å². The molecule has 2 amide bonds. The summed E-state index contributed by atoms with van der Waals surface area (Å²) < 4.78 is 2.34. The number of amides is 2. The number of thioether (sulfide) groups is 1. The molecule has 0 bridgehead atoms. The average molecular weight is 500 g/mol. The van der Waals surface area contributed by atoms with Crippen LogP contribution in [0.3, 0.4) is 0 Å². The Morgan fingerprint density at radius 1 is 1.03 bits per heavy atom. The molecule has 1 aliphatic heterocycles. The molecule has 6 heteroatoms. The lowest BCUT2D eigenvalue weighted by atomic mass is 9.95. The maximum atomic E-state index is 14.0. The van der Waals surface area contributed by atoms with Crippen molar-refractivity contribution in [3.63, 3.8) is 0 Å². The zero-order valence-electron chi connectivity index (χ0n) is 20.1. The Kier molecular flexibility index (Phi) is 5.94. The molecule has 4 aromatic rings. The van der Waals surface area contributed by atoms with Crippen LogP contribution in [0.4, 0.5) is 10.5 Å². The third kappa shape index (κ3) is 4.09. The molecule has 0 fully saturated rings. The van der Waals surface area contributed by atoms with E-state index in [1.807, 2.05) is 34.4 Å². The first-order valence-corrected chi connectivity index (χ1v) is 14.3. The number of thiophene rings is 1. The molecule has 35 heavy (non-hydrogen) atoms. The Bertz CT molecular complexity index is 1390. The summed E-state index contributed by atoms with van der Waals surface area (Å²) in [5.41, 5.74) is 7.03. The van der Waals surface area contributed by atoms with Gasteiger partial charge in [0, 0.05) is 27.2 Å². The van der Waals surface area contributed by atoms with Crippen molar-refractivity contribution in [2.24, 2.45) is 0 Å². The summed E-state index contributed by atoms with van der Waals surface area (Å²) in [6.45, 7) is 2.66. The van der Waals surface area contributed by atoms with E-state index in [0.717, 1.165) is 35.3 Å². The number of benzene rings is 2. The zero-order valence-corrected chi connectivity index (χ0v) is 21.7. The van der Waals surface area contributed by atoms with E-state index < -0.39 is 0 Å². The van der Waals surface area contributed by atoms with Gasteiger partial charge in [0.05, 0.1) is 18.3 Å². The SMILES string of the molecule is CSc1ccc([C@@H]2c3cccn3-c3sc4c(c3CN2C(=O)Nc2cccc(C)c2)CCCC4)cc1. The van der Waals surface area contributed by atoms with Crippen LogP contribution in [0.15, 0.2) is 71.8 Å². The average Bonchev–Trinajstić information content (AvgIpc) is 3.46. The van der Waals surface area contributed by atoms with E-state index in [4.69, 9.17) is 0 Å². The minimum atomic E-state index is -0.176. The van der Waals surface area contributed by atoms with Crippen LogP contribution in [0.5, 0.6) is 0 Å². The fourth-order valence-electron chi connectivity index (χ4n) is 5.44. The van der Waals surface area contributed by atoms with Crippen molar-refractivity contribution < 1.29 is 4.79 Å². The predicted octanol–water partition coefficient (Wildman–Crippen LogP) is 7.59. The fraction of sp³-hybridized carbons (Fsp3) is 0.276. The molecular formula is C29H29N3OS2. The number of aryl methyl sites for hydroxylation is 2. The molecule has 0 saturated carbocycles. The van der Waals surface area contributed by atoms with Gasteiger partial charge in [-0.25, -0.2) is 4.79 Å². The van der Waals surface area contributed by atoms with Crippen LogP contribution in [0, 0.1) is 6.92 Å². The van der Waals surface area contributed by atoms with Crippen LogP contribution < -0.4 is 5.32 Å². The van der Waals surface area contributed by atoms with Crippen molar-refractivity contribution in [2.75, 3.05) is 11.6 Å². The molecule has 0 radical (unpaired) electrons. The van der Waals surface area contributed by atoms with Gasteiger partial charge in [0.1, 0.15) is 5.00 Å². The number of carbonyl (C=O) groups excluding carboxylic acids is 1. The van der Waals surface area contributed by atoms with Gasteiger partial charge in [0.15, 0.2) is 0 Å². The molecule has 6 rings (SSSR count). The van der Waals surface area contributed by atoms with Crippen LogP contribution in [0.25, 0.3) is 5.00 Å². The van der Waals surface area contributed by atoms with Gasteiger partial charge in [0.2, 0.25) is 0 Å². The molecule has 0 spiro atoms. The molecule has 1 aliphatic carbocycles.